The molecular formula is C15H20N4O. The summed E-state index contributed by atoms with van der Waals surface area (Å²) in [6.45, 7) is 5.92. The number of nitrogen functional groups attached to an aromatic ring is 1. The molecule has 2 aromatic rings. The summed E-state index contributed by atoms with van der Waals surface area (Å²) in [5.41, 5.74) is 8.27. The lowest BCUT2D eigenvalue weighted by atomic mass is 9.96. The SMILES string of the molecule is Cc1[nH]nc(C(=O)NC(c2ccccc2)C(C)C)c1N. The highest BCUT2D eigenvalue weighted by Crippen LogP contribution is 2.22. The van der Waals surface area contributed by atoms with Gasteiger partial charge in [0, 0.05) is 0 Å². The molecule has 0 aliphatic rings. The summed E-state index contributed by atoms with van der Waals surface area (Å²) >= 11 is 0. The van der Waals surface area contributed by atoms with Crippen molar-refractivity contribution in [2.75, 3.05) is 5.73 Å². The van der Waals surface area contributed by atoms with Gasteiger partial charge in [-0.3, -0.25) is 9.89 Å². The minimum absolute atomic E-state index is 0.0693. The van der Waals surface area contributed by atoms with Gasteiger partial charge in [0.25, 0.3) is 5.91 Å². The number of carbonyl (C=O) groups is 1. The molecule has 20 heavy (non-hydrogen) atoms. The maximum absolute atomic E-state index is 12.3. The third-order valence-electron chi connectivity index (χ3n) is 3.32. The molecule has 5 nitrogen and oxygen atoms in total. The number of aryl methyl sites for hydroxylation is 1. The summed E-state index contributed by atoms with van der Waals surface area (Å²) in [4.78, 5) is 12.3. The van der Waals surface area contributed by atoms with Crippen LogP contribution in [0.15, 0.2) is 30.3 Å². The molecule has 0 bridgehead atoms. The number of nitrogens with two attached hydrogens (primary N) is 1. The number of aromatic amines is 1. The fourth-order valence-corrected chi connectivity index (χ4v) is 2.12. The van der Waals surface area contributed by atoms with Crippen LogP contribution in [-0.4, -0.2) is 16.1 Å². The first-order valence-corrected chi connectivity index (χ1v) is 6.67. The molecule has 0 aliphatic carbocycles. The topological polar surface area (TPSA) is 83.8 Å². The average Bonchev–Trinajstić information content (AvgIpc) is 2.77. The zero-order valence-corrected chi connectivity index (χ0v) is 12.0. The molecular weight excluding hydrogens is 252 g/mol. The number of hydrogen-bond acceptors (Lipinski definition) is 3. The number of anilines is 1. The van der Waals surface area contributed by atoms with Crippen LogP contribution in [-0.2, 0) is 0 Å². The Morgan fingerprint density at radius 3 is 2.45 bits per heavy atom. The molecule has 0 radical (unpaired) electrons. The minimum atomic E-state index is -0.255. The van der Waals surface area contributed by atoms with Gasteiger partial charge in [-0.05, 0) is 18.4 Å². The van der Waals surface area contributed by atoms with Crippen LogP contribution in [0.25, 0.3) is 0 Å². The number of amides is 1. The van der Waals surface area contributed by atoms with Gasteiger partial charge in [0.15, 0.2) is 5.69 Å². The smallest absolute Gasteiger partial charge is 0.274 e. The van der Waals surface area contributed by atoms with E-state index in [4.69, 9.17) is 5.73 Å². The predicted octanol–water partition coefficient (Wildman–Crippen LogP) is 2.43. The lowest BCUT2D eigenvalue weighted by Crippen LogP contribution is -2.32. The normalized spacial score (nSPS) is 12.4. The molecule has 5 heteroatoms. The summed E-state index contributed by atoms with van der Waals surface area (Å²) < 4.78 is 0. The van der Waals surface area contributed by atoms with Gasteiger partial charge in [-0.25, -0.2) is 0 Å². The standard InChI is InChI=1S/C15H20N4O/c1-9(2)13(11-7-5-4-6-8-11)17-15(20)14-12(16)10(3)18-19-14/h4-9,13H,16H2,1-3H3,(H,17,20)(H,18,19). The second-order valence-electron chi connectivity index (χ2n) is 5.22. The van der Waals surface area contributed by atoms with Crippen molar-refractivity contribution in [3.63, 3.8) is 0 Å². The van der Waals surface area contributed by atoms with Crippen LogP contribution in [0, 0.1) is 12.8 Å². The quantitative estimate of drug-likeness (QED) is 0.799. The maximum Gasteiger partial charge on any atom is 0.274 e. The number of hydrogen-bond donors (Lipinski definition) is 3. The molecule has 0 aliphatic heterocycles. The average molecular weight is 272 g/mol. The highest BCUT2D eigenvalue weighted by Gasteiger charge is 2.22. The predicted molar refractivity (Wildman–Crippen MR) is 79.2 cm³/mol. The Bertz CT molecular complexity index is 589. The van der Waals surface area contributed by atoms with Crippen LogP contribution >= 0.6 is 0 Å². The third kappa shape index (κ3) is 2.82. The molecule has 1 aromatic heterocycles. The minimum Gasteiger partial charge on any atom is -0.395 e. The fraction of sp³-hybridized carbons (Fsp3) is 0.333. The summed E-state index contributed by atoms with van der Waals surface area (Å²) in [6.07, 6.45) is 0. The molecule has 0 saturated carbocycles. The zero-order chi connectivity index (χ0) is 14.7. The van der Waals surface area contributed by atoms with Crippen molar-refractivity contribution in [3.8, 4) is 0 Å². The van der Waals surface area contributed by atoms with E-state index in [9.17, 15) is 4.79 Å². The molecule has 0 saturated heterocycles. The largest absolute Gasteiger partial charge is 0.395 e. The van der Waals surface area contributed by atoms with Gasteiger partial charge in [-0.1, -0.05) is 44.2 Å². The second-order valence-corrected chi connectivity index (χ2v) is 5.22. The van der Waals surface area contributed by atoms with Crippen LogP contribution < -0.4 is 11.1 Å². The molecule has 4 N–H and O–H groups in total. The monoisotopic (exact) mass is 272 g/mol. The van der Waals surface area contributed by atoms with Gasteiger partial charge >= 0.3 is 0 Å². The van der Waals surface area contributed by atoms with Crippen molar-refractivity contribution in [1.82, 2.24) is 15.5 Å². The fourth-order valence-electron chi connectivity index (χ4n) is 2.12. The number of aromatic nitrogens is 2. The first kappa shape index (κ1) is 14.1. The lowest BCUT2D eigenvalue weighted by molar-refractivity contribution is 0.0921. The van der Waals surface area contributed by atoms with Gasteiger partial charge in [-0.15, -0.1) is 0 Å². The Labute approximate surface area is 118 Å². The molecule has 106 valence electrons. The van der Waals surface area contributed by atoms with Gasteiger partial charge in [0.1, 0.15) is 0 Å². The summed E-state index contributed by atoms with van der Waals surface area (Å²) in [6, 6.07) is 9.82. The van der Waals surface area contributed by atoms with Crippen LogP contribution in [0.3, 0.4) is 0 Å². The Balaban J connectivity index is 2.21. The molecule has 1 unspecified atom stereocenters. The summed E-state index contributed by atoms with van der Waals surface area (Å²) in [5.74, 6) is 0.0111. The summed E-state index contributed by atoms with van der Waals surface area (Å²) in [5, 5.41) is 9.69. The lowest BCUT2D eigenvalue weighted by Gasteiger charge is -2.22. The van der Waals surface area contributed by atoms with E-state index in [0.29, 0.717) is 11.4 Å². The van der Waals surface area contributed by atoms with E-state index in [-0.39, 0.29) is 23.6 Å². The van der Waals surface area contributed by atoms with Crippen molar-refractivity contribution < 1.29 is 4.79 Å². The number of H-pyrrole nitrogens is 1. The van der Waals surface area contributed by atoms with Crippen LogP contribution in [0.4, 0.5) is 5.69 Å². The van der Waals surface area contributed by atoms with Crippen molar-refractivity contribution in [2.45, 2.75) is 26.8 Å². The number of nitrogens with one attached hydrogen (secondary N) is 2. The number of rotatable bonds is 4. The Kier molecular flexibility index (Phi) is 4.08. The molecule has 1 amide bonds. The van der Waals surface area contributed by atoms with E-state index < -0.39 is 0 Å². The molecule has 0 spiro atoms. The first-order chi connectivity index (χ1) is 9.50. The zero-order valence-electron chi connectivity index (χ0n) is 12.0. The number of benzene rings is 1. The molecule has 1 aromatic carbocycles. The van der Waals surface area contributed by atoms with E-state index in [1.165, 1.54) is 0 Å². The van der Waals surface area contributed by atoms with Gasteiger partial charge in [0.05, 0.1) is 17.4 Å². The van der Waals surface area contributed by atoms with Crippen molar-refractivity contribution >= 4 is 11.6 Å². The highest BCUT2D eigenvalue weighted by atomic mass is 16.2. The van der Waals surface area contributed by atoms with E-state index in [2.05, 4.69) is 29.4 Å². The second kappa shape index (κ2) is 5.77. The van der Waals surface area contributed by atoms with E-state index in [0.717, 1.165) is 5.56 Å². The number of carbonyl (C=O) groups excluding carboxylic acids is 1. The van der Waals surface area contributed by atoms with Crippen LogP contribution in [0.1, 0.15) is 41.6 Å². The van der Waals surface area contributed by atoms with Gasteiger partial charge < -0.3 is 11.1 Å². The Morgan fingerprint density at radius 2 is 1.95 bits per heavy atom. The highest BCUT2D eigenvalue weighted by molar-refractivity contribution is 5.97. The third-order valence-corrected chi connectivity index (χ3v) is 3.32. The number of nitrogens with zero attached hydrogens (tertiary/aromatic N) is 1. The molecule has 1 atom stereocenters. The van der Waals surface area contributed by atoms with Crippen molar-refractivity contribution in [1.29, 1.82) is 0 Å². The van der Waals surface area contributed by atoms with E-state index in [1.807, 2.05) is 30.3 Å². The van der Waals surface area contributed by atoms with E-state index in [1.54, 1.807) is 6.92 Å². The van der Waals surface area contributed by atoms with Crippen molar-refractivity contribution in [2.24, 2.45) is 5.92 Å². The van der Waals surface area contributed by atoms with Crippen molar-refractivity contribution in [3.05, 3.63) is 47.3 Å². The van der Waals surface area contributed by atoms with Crippen LogP contribution in [0.2, 0.25) is 0 Å². The summed E-state index contributed by atoms with van der Waals surface area (Å²) in [7, 11) is 0. The van der Waals surface area contributed by atoms with Crippen LogP contribution in [0.5, 0.6) is 0 Å². The van der Waals surface area contributed by atoms with Gasteiger partial charge in [-0.2, -0.15) is 5.10 Å². The molecule has 0 fully saturated rings. The maximum atomic E-state index is 12.3. The Morgan fingerprint density at radius 1 is 1.30 bits per heavy atom. The van der Waals surface area contributed by atoms with Gasteiger partial charge in [0.2, 0.25) is 0 Å². The van der Waals surface area contributed by atoms with E-state index >= 15 is 0 Å². The molecule has 2 rings (SSSR count). The Hall–Kier alpha value is -2.30. The molecule has 1 heterocycles. The first-order valence-electron chi connectivity index (χ1n) is 6.67.